The molecule has 1 fully saturated rings. The van der Waals surface area contributed by atoms with Gasteiger partial charge in [0.2, 0.25) is 11.7 Å². The largest absolute Gasteiger partial charge is 0.344 e. The zero-order valence-electron chi connectivity index (χ0n) is 15.1. The Hall–Kier alpha value is -1.83. The molecule has 1 aromatic heterocycles. The van der Waals surface area contributed by atoms with Crippen LogP contribution in [0.3, 0.4) is 0 Å². The molecule has 2 aromatic rings. The molecule has 1 saturated heterocycles. The minimum absolute atomic E-state index is 0.0581. The maximum Gasteiger partial charge on any atom is 0.237 e. The highest BCUT2D eigenvalue weighted by Gasteiger charge is 2.31. The summed E-state index contributed by atoms with van der Waals surface area (Å²) < 4.78 is 0.985. The van der Waals surface area contributed by atoms with Crippen molar-refractivity contribution in [3.8, 4) is 0 Å². The summed E-state index contributed by atoms with van der Waals surface area (Å²) in [7, 11) is 1.95. The van der Waals surface area contributed by atoms with Crippen LogP contribution in [0.2, 0.25) is 0 Å². The normalized spacial score (nSPS) is 18.9. The predicted octanol–water partition coefficient (Wildman–Crippen LogP) is 2.19. The Morgan fingerprint density at radius 3 is 2.88 bits per heavy atom. The van der Waals surface area contributed by atoms with Gasteiger partial charge in [-0.15, -0.1) is 11.3 Å². The molecule has 1 aliphatic heterocycles. The van der Waals surface area contributed by atoms with E-state index >= 15 is 0 Å². The van der Waals surface area contributed by atoms with Crippen molar-refractivity contribution in [1.82, 2.24) is 15.2 Å². The molecule has 0 spiro atoms. The van der Waals surface area contributed by atoms with Crippen LogP contribution < -0.4 is 11.1 Å². The van der Waals surface area contributed by atoms with Crippen molar-refractivity contribution in [1.29, 1.82) is 0 Å². The number of hydrogen-bond acceptors (Lipinski definition) is 6. The number of unbranched alkanes of at least 4 members (excludes halogenated alkanes) is 1. The molecule has 140 valence electrons. The van der Waals surface area contributed by atoms with Gasteiger partial charge in [-0.3, -0.25) is 14.5 Å². The molecule has 1 aliphatic rings. The van der Waals surface area contributed by atoms with Crippen LogP contribution in [0.15, 0.2) is 24.3 Å². The molecule has 3 rings (SSSR count). The second kappa shape index (κ2) is 8.70. The van der Waals surface area contributed by atoms with Gasteiger partial charge < -0.3 is 11.1 Å². The molecule has 7 heteroatoms. The SMILES string of the molecule is CN1CCCC1C(=O)NC(CCCCN)C(=O)c1nc2ccccc2s1. The van der Waals surface area contributed by atoms with E-state index in [4.69, 9.17) is 5.73 Å². The molecular weight excluding hydrogens is 348 g/mol. The Balaban J connectivity index is 1.75. The van der Waals surface area contributed by atoms with Gasteiger partial charge in [0.1, 0.15) is 0 Å². The van der Waals surface area contributed by atoms with E-state index in [-0.39, 0.29) is 17.7 Å². The zero-order chi connectivity index (χ0) is 18.5. The third-order valence-electron chi connectivity index (χ3n) is 4.91. The van der Waals surface area contributed by atoms with Gasteiger partial charge >= 0.3 is 0 Å². The molecule has 0 saturated carbocycles. The summed E-state index contributed by atoms with van der Waals surface area (Å²) in [6.07, 6.45) is 4.08. The summed E-state index contributed by atoms with van der Waals surface area (Å²) in [6.45, 7) is 1.50. The number of ketones is 1. The van der Waals surface area contributed by atoms with Gasteiger partial charge in [0.15, 0.2) is 5.01 Å². The number of hydrogen-bond donors (Lipinski definition) is 2. The van der Waals surface area contributed by atoms with Crippen LogP contribution in [0.25, 0.3) is 10.2 Å². The molecule has 2 heterocycles. The van der Waals surface area contributed by atoms with Crippen LogP contribution in [-0.2, 0) is 4.79 Å². The van der Waals surface area contributed by atoms with Crippen LogP contribution >= 0.6 is 11.3 Å². The predicted molar refractivity (Wildman–Crippen MR) is 104 cm³/mol. The summed E-state index contributed by atoms with van der Waals surface area (Å²) in [5.74, 6) is -0.158. The summed E-state index contributed by atoms with van der Waals surface area (Å²) in [5.41, 5.74) is 6.41. The fraction of sp³-hybridized carbons (Fsp3) is 0.526. The molecule has 0 aliphatic carbocycles. The molecule has 26 heavy (non-hydrogen) atoms. The molecule has 3 N–H and O–H groups in total. The van der Waals surface area contributed by atoms with E-state index in [1.807, 2.05) is 31.3 Å². The number of para-hydroxylation sites is 1. The third-order valence-corrected chi connectivity index (χ3v) is 5.96. The van der Waals surface area contributed by atoms with Crippen LogP contribution in [0.4, 0.5) is 0 Å². The van der Waals surface area contributed by atoms with E-state index in [1.165, 1.54) is 11.3 Å². The van der Waals surface area contributed by atoms with Crippen molar-refractivity contribution in [2.75, 3.05) is 20.1 Å². The van der Waals surface area contributed by atoms with Crippen molar-refractivity contribution in [3.63, 3.8) is 0 Å². The van der Waals surface area contributed by atoms with E-state index in [0.717, 1.165) is 42.4 Å². The van der Waals surface area contributed by atoms with Crippen LogP contribution in [0.5, 0.6) is 0 Å². The number of aromatic nitrogens is 1. The lowest BCUT2D eigenvalue weighted by Crippen LogP contribution is -2.48. The highest BCUT2D eigenvalue weighted by Crippen LogP contribution is 2.24. The number of carbonyl (C=O) groups is 2. The van der Waals surface area contributed by atoms with E-state index in [1.54, 1.807) is 0 Å². The highest BCUT2D eigenvalue weighted by atomic mass is 32.1. The number of Topliss-reactive ketones (excluding diaryl/α,β-unsaturated/α-hetero) is 1. The van der Waals surface area contributed by atoms with Gasteiger partial charge in [-0.2, -0.15) is 0 Å². The zero-order valence-corrected chi connectivity index (χ0v) is 15.9. The van der Waals surface area contributed by atoms with Crippen LogP contribution in [-0.4, -0.2) is 53.8 Å². The minimum atomic E-state index is -0.538. The lowest BCUT2D eigenvalue weighted by Gasteiger charge is -2.22. The van der Waals surface area contributed by atoms with Crippen molar-refractivity contribution in [3.05, 3.63) is 29.3 Å². The number of nitrogens with one attached hydrogen (secondary N) is 1. The second-order valence-electron chi connectivity index (χ2n) is 6.84. The first-order valence-electron chi connectivity index (χ1n) is 9.20. The smallest absolute Gasteiger partial charge is 0.237 e. The molecule has 0 bridgehead atoms. The van der Waals surface area contributed by atoms with Gasteiger partial charge in [-0.1, -0.05) is 12.1 Å². The number of thiazole rings is 1. The number of fused-ring (bicyclic) bond motifs is 1. The molecule has 2 unspecified atom stereocenters. The average molecular weight is 375 g/mol. The second-order valence-corrected chi connectivity index (χ2v) is 7.87. The maximum atomic E-state index is 13.0. The van der Waals surface area contributed by atoms with Gasteiger partial charge in [0.05, 0.1) is 22.3 Å². The van der Waals surface area contributed by atoms with Crippen molar-refractivity contribution >= 4 is 33.2 Å². The highest BCUT2D eigenvalue weighted by molar-refractivity contribution is 7.20. The number of nitrogens with zero attached hydrogens (tertiary/aromatic N) is 2. The Kier molecular flexibility index (Phi) is 6.34. The first kappa shape index (κ1) is 18.9. The van der Waals surface area contributed by atoms with Crippen molar-refractivity contribution in [2.45, 2.75) is 44.2 Å². The number of likely N-dealkylation sites (N-methyl/N-ethyl adjacent to an activating group) is 1. The number of benzene rings is 1. The number of rotatable bonds is 8. The standard InChI is InChI=1S/C19H26N4O2S/c1-23-12-6-9-15(23)18(25)21-14(8-4-5-11-20)17(24)19-22-13-7-2-3-10-16(13)26-19/h2-3,7,10,14-15H,4-6,8-9,11-12,20H2,1H3,(H,21,25). The van der Waals surface area contributed by atoms with Crippen molar-refractivity contribution < 1.29 is 9.59 Å². The Morgan fingerprint density at radius 2 is 2.19 bits per heavy atom. The topological polar surface area (TPSA) is 88.3 Å². The Morgan fingerprint density at radius 1 is 1.38 bits per heavy atom. The summed E-state index contributed by atoms with van der Waals surface area (Å²) in [5, 5.41) is 3.45. The van der Waals surface area contributed by atoms with Gasteiger partial charge in [-0.25, -0.2) is 4.98 Å². The lowest BCUT2D eigenvalue weighted by molar-refractivity contribution is -0.125. The molecule has 0 radical (unpaired) electrons. The summed E-state index contributed by atoms with van der Waals surface area (Å²) >= 11 is 1.39. The number of carbonyl (C=O) groups excluding carboxylic acids is 2. The third kappa shape index (κ3) is 4.28. The van der Waals surface area contributed by atoms with Gasteiger partial charge in [0, 0.05) is 0 Å². The average Bonchev–Trinajstić information content (AvgIpc) is 3.26. The quantitative estimate of drug-likeness (QED) is 0.546. The Bertz CT molecular complexity index is 743. The van der Waals surface area contributed by atoms with E-state index in [0.29, 0.717) is 18.0 Å². The molecule has 2 atom stereocenters. The van der Waals surface area contributed by atoms with E-state index in [2.05, 4.69) is 15.2 Å². The first-order valence-corrected chi connectivity index (χ1v) is 10.0. The fourth-order valence-electron chi connectivity index (χ4n) is 3.40. The van der Waals surface area contributed by atoms with Crippen molar-refractivity contribution in [2.24, 2.45) is 5.73 Å². The molecule has 6 nitrogen and oxygen atoms in total. The lowest BCUT2D eigenvalue weighted by atomic mass is 10.0. The van der Waals surface area contributed by atoms with E-state index < -0.39 is 6.04 Å². The number of likely N-dealkylation sites (tertiary alicyclic amines) is 1. The summed E-state index contributed by atoms with van der Waals surface area (Å²) in [4.78, 5) is 32.2. The van der Waals surface area contributed by atoms with E-state index in [9.17, 15) is 9.59 Å². The first-order chi connectivity index (χ1) is 12.6. The van der Waals surface area contributed by atoms with Gasteiger partial charge in [0.25, 0.3) is 0 Å². The monoisotopic (exact) mass is 374 g/mol. The number of amides is 1. The summed E-state index contributed by atoms with van der Waals surface area (Å²) in [6, 6.07) is 7.02. The Labute approximate surface area is 157 Å². The fourth-order valence-corrected chi connectivity index (χ4v) is 4.36. The molecular formula is C19H26N4O2S. The van der Waals surface area contributed by atoms with Crippen LogP contribution in [0.1, 0.15) is 41.9 Å². The molecule has 1 amide bonds. The minimum Gasteiger partial charge on any atom is -0.344 e. The molecule has 1 aromatic carbocycles. The number of nitrogens with two attached hydrogens (primary N) is 1. The maximum absolute atomic E-state index is 13.0. The van der Waals surface area contributed by atoms with Crippen LogP contribution in [0, 0.1) is 0 Å². The van der Waals surface area contributed by atoms with Gasteiger partial charge in [-0.05, 0) is 64.4 Å².